The highest BCUT2D eigenvalue weighted by molar-refractivity contribution is 5.80. The van der Waals surface area contributed by atoms with Gasteiger partial charge in [0.15, 0.2) is 0 Å². The van der Waals surface area contributed by atoms with E-state index in [2.05, 4.69) is 9.89 Å². The number of hydrogen-bond acceptors (Lipinski definition) is 4. The van der Waals surface area contributed by atoms with Crippen LogP contribution in [0.3, 0.4) is 0 Å². The van der Waals surface area contributed by atoms with Gasteiger partial charge in [0.05, 0.1) is 0 Å². The summed E-state index contributed by atoms with van der Waals surface area (Å²) < 4.78 is 39.9. The summed E-state index contributed by atoms with van der Waals surface area (Å²) in [7, 11) is 1.84. The Morgan fingerprint density at radius 2 is 1.95 bits per heavy atom. The van der Waals surface area contributed by atoms with Crippen molar-refractivity contribution < 1.29 is 23.1 Å². The summed E-state index contributed by atoms with van der Waals surface area (Å²) in [5.74, 6) is -0.123. The quantitative estimate of drug-likeness (QED) is 0.367. The summed E-state index contributed by atoms with van der Waals surface area (Å²) >= 11 is 0. The summed E-state index contributed by atoms with van der Waals surface area (Å²) in [6.45, 7) is 2.42. The van der Waals surface area contributed by atoms with Gasteiger partial charge >= 0.3 is 6.36 Å². The van der Waals surface area contributed by atoms with E-state index in [1.165, 1.54) is 12.1 Å². The Balaban J connectivity index is 2.59. The van der Waals surface area contributed by atoms with Crippen molar-refractivity contribution >= 4 is 5.84 Å². The van der Waals surface area contributed by atoms with Gasteiger partial charge in [-0.15, -0.1) is 13.2 Å². The number of alkyl halides is 3. The van der Waals surface area contributed by atoms with Crippen LogP contribution in [0.1, 0.15) is 18.9 Å². The summed E-state index contributed by atoms with van der Waals surface area (Å²) in [4.78, 5) is 1.94. The number of halogens is 3. The second-order valence-electron chi connectivity index (χ2n) is 4.75. The molecule has 1 aromatic rings. The molecule has 1 atom stereocenters. The van der Waals surface area contributed by atoms with Gasteiger partial charge in [0, 0.05) is 19.0 Å². The van der Waals surface area contributed by atoms with Crippen LogP contribution < -0.4 is 10.5 Å². The van der Waals surface area contributed by atoms with Crippen LogP contribution in [-0.2, 0) is 6.54 Å². The third-order valence-corrected chi connectivity index (χ3v) is 2.97. The number of nitrogens with two attached hydrogens (primary N) is 1. The van der Waals surface area contributed by atoms with E-state index >= 15 is 0 Å². The van der Waals surface area contributed by atoms with Gasteiger partial charge in [0.25, 0.3) is 0 Å². The largest absolute Gasteiger partial charge is 0.573 e. The average molecular weight is 305 g/mol. The molecule has 0 aromatic heterocycles. The molecule has 1 unspecified atom stereocenters. The lowest BCUT2D eigenvalue weighted by molar-refractivity contribution is -0.274. The summed E-state index contributed by atoms with van der Waals surface area (Å²) in [5, 5.41) is 11.4. The first-order valence-electron chi connectivity index (χ1n) is 6.22. The lowest BCUT2D eigenvalue weighted by Gasteiger charge is -2.24. The smallest absolute Gasteiger partial charge is 0.409 e. The van der Waals surface area contributed by atoms with Crippen LogP contribution in [0.4, 0.5) is 13.2 Å². The van der Waals surface area contributed by atoms with Crippen molar-refractivity contribution in [2.75, 3.05) is 7.05 Å². The van der Waals surface area contributed by atoms with Crippen LogP contribution in [0.2, 0.25) is 0 Å². The number of oxime groups is 1. The van der Waals surface area contributed by atoms with Crippen LogP contribution in [0.15, 0.2) is 29.4 Å². The van der Waals surface area contributed by atoms with Crippen LogP contribution in [-0.4, -0.2) is 35.4 Å². The monoisotopic (exact) mass is 305 g/mol. The molecule has 0 saturated carbocycles. The molecule has 5 nitrogen and oxygen atoms in total. The molecule has 1 rings (SSSR count). The molecule has 0 aliphatic carbocycles. The molecule has 0 heterocycles. The second kappa shape index (κ2) is 7.16. The molecule has 0 amide bonds. The van der Waals surface area contributed by atoms with E-state index in [4.69, 9.17) is 10.9 Å². The van der Waals surface area contributed by atoms with Gasteiger partial charge in [0.2, 0.25) is 0 Å². The second-order valence-corrected chi connectivity index (χ2v) is 4.75. The number of nitrogens with zero attached hydrogens (tertiary/aromatic N) is 2. The molecule has 21 heavy (non-hydrogen) atoms. The van der Waals surface area contributed by atoms with Crippen LogP contribution >= 0.6 is 0 Å². The topological polar surface area (TPSA) is 71.1 Å². The van der Waals surface area contributed by atoms with Gasteiger partial charge in [-0.25, -0.2) is 0 Å². The highest BCUT2D eigenvalue weighted by atomic mass is 19.4. The highest BCUT2D eigenvalue weighted by Gasteiger charge is 2.30. The summed E-state index contributed by atoms with van der Waals surface area (Å²) in [5.41, 5.74) is 6.27. The van der Waals surface area contributed by atoms with Crippen LogP contribution in [0, 0.1) is 0 Å². The van der Waals surface area contributed by atoms with Gasteiger partial charge < -0.3 is 15.7 Å². The van der Waals surface area contributed by atoms with Crippen molar-refractivity contribution in [3.8, 4) is 5.75 Å². The lowest BCUT2D eigenvalue weighted by Crippen LogP contribution is -2.32. The zero-order valence-corrected chi connectivity index (χ0v) is 11.8. The van der Waals surface area contributed by atoms with Crippen LogP contribution in [0.25, 0.3) is 0 Å². The highest BCUT2D eigenvalue weighted by Crippen LogP contribution is 2.23. The van der Waals surface area contributed by atoms with Crippen LogP contribution in [0.5, 0.6) is 5.75 Å². The molecule has 0 bridgehead atoms. The molecular formula is C13H18F3N3O2. The van der Waals surface area contributed by atoms with Crippen molar-refractivity contribution in [1.82, 2.24) is 4.90 Å². The van der Waals surface area contributed by atoms with E-state index in [-0.39, 0.29) is 17.6 Å². The Bertz CT molecular complexity index is 475. The minimum Gasteiger partial charge on any atom is -0.409 e. The van der Waals surface area contributed by atoms with Crippen molar-refractivity contribution in [2.24, 2.45) is 10.9 Å². The molecule has 0 fully saturated rings. The maximum absolute atomic E-state index is 12.0. The Morgan fingerprint density at radius 1 is 1.38 bits per heavy atom. The SMILES string of the molecule is CC(CC(N)=NO)N(C)Cc1ccc(OC(F)(F)F)cc1. The van der Waals surface area contributed by atoms with Crippen molar-refractivity contribution in [1.29, 1.82) is 0 Å². The Hall–Kier alpha value is -1.96. The van der Waals surface area contributed by atoms with Gasteiger partial charge in [-0.2, -0.15) is 0 Å². The fraction of sp³-hybridized carbons (Fsp3) is 0.462. The number of benzene rings is 1. The normalized spacial score (nSPS) is 14.3. The molecule has 0 aliphatic heterocycles. The first kappa shape index (κ1) is 17.1. The third kappa shape index (κ3) is 6.35. The lowest BCUT2D eigenvalue weighted by atomic mass is 10.1. The first-order valence-corrected chi connectivity index (χ1v) is 6.22. The standard InChI is InChI=1S/C13H18F3N3O2/c1-9(7-12(17)18-20)19(2)8-10-3-5-11(6-4-10)21-13(14,15)16/h3-6,9,20H,7-8H2,1-2H3,(H2,17,18). The molecule has 1 aromatic carbocycles. The molecule has 118 valence electrons. The predicted molar refractivity (Wildman–Crippen MR) is 72.1 cm³/mol. The molecule has 3 N–H and O–H groups in total. The van der Waals surface area contributed by atoms with Crippen molar-refractivity contribution in [3.63, 3.8) is 0 Å². The Morgan fingerprint density at radius 3 is 2.43 bits per heavy atom. The predicted octanol–water partition coefficient (Wildman–Crippen LogP) is 2.54. The molecule has 8 heteroatoms. The fourth-order valence-electron chi connectivity index (χ4n) is 1.74. The summed E-state index contributed by atoms with van der Waals surface area (Å²) in [6, 6.07) is 5.68. The van der Waals surface area contributed by atoms with E-state index < -0.39 is 6.36 Å². The Kier molecular flexibility index (Phi) is 5.83. The van der Waals surface area contributed by atoms with Gasteiger partial charge in [0.1, 0.15) is 11.6 Å². The van der Waals surface area contributed by atoms with Gasteiger partial charge in [-0.05, 0) is 31.7 Å². The fourth-order valence-corrected chi connectivity index (χ4v) is 1.74. The third-order valence-electron chi connectivity index (χ3n) is 2.97. The molecular weight excluding hydrogens is 287 g/mol. The number of rotatable bonds is 6. The Labute approximate surface area is 120 Å². The zero-order valence-electron chi connectivity index (χ0n) is 11.8. The van der Waals surface area contributed by atoms with E-state index in [1.54, 1.807) is 12.1 Å². The van der Waals surface area contributed by atoms with Gasteiger partial charge in [-0.1, -0.05) is 17.3 Å². The maximum Gasteiger partial charge on any atom is 0.573 e. The first-order chi connectivity index (χ1) is 9.71. The van der Waals surface area contributed by atoms with Crippen molar-refractivity contribution in [2.45, 2.75) is 32.3 Å². The van der Waals surface area contributed by atoms with E-state index in [0.717, 1.165) is 5.56 Å². The van der Waals surface area contributed by atoms with E-state index in [9.17, 15) is 13.2 Å². The minimum absolute atomic E-state index is 0.0204. The van der Waals surface area contributed by atoms with E-state index in [0.29, 0.717) is 13.0 Å². The number of hydrogen-bond donors (Lipinski definition) is 2. The van der Waals surface area contributed by atoms with Crippen molar-refractivity contribution in [3.05, 3.63) is 29.8 Å². The maximum atomic E-state index is 12.0. The zero-order chi connectivity index (χ0) is 16.0. The average Bonchev–Trinajstić information content (AvgIpc) is 2.39. The molecule has 0 aliphatic rings. The van der Waals surface area contributed by atoms with Gasteiger partial charge in [-0.3, -0.25) is 4.90 Å². The molecule has 0 spiro atoms. The minimum atomic E-state index is -4.69. The molecule has 0 radical (unpaired) electrons. The molecule has 0 saturated heterocycles. The number of ether oxygens (including phenoxy) is 1. The number of amidine groups is 1. The van der Waals surface area contributed by atoms with E-state index in [1.807, 2.05) is 18.9 Å². The summed E-state index contributed by atoms with van der Waals surface area (Å²) in [6.07, 6.45) is -4.30.